The molecule has 1 fully saturated rings. The van der Waals surface area contributed by atoms with E-state index in [1.807, 2.05) is 48.2 Å². The summed E-state index contributed by atoms with van der Waals surface area (Å²) in [7, 11) is 3.11. The Morgan fingerprint density at radius 3 is 2.24 bits per heavy atom. The summed E-state index contributed by atoms with van der Waals surface area (Å²) in [6, 6.07) is 15.3. The van der Waals surface area contributed by atoms with Crippen LogP contribution in [0.4, 0.5) is 0 Å². The molecule has 5 nitrogen and oxygen atoms in total. The maximum absolute atomic E-state index is 13.2. The Kier molecular flexibility index (Phi) is 5.24. The molecule has 0 radical (unpaired) electrons. The van der Waals surface area contributed by atoms with E-state index in [2.05, 4.69) is 0 Å². The second-order valence-electron chi connectivity index (χ2n) is 6.09. The van der Waals surface area contributed by atoms with Crippen molar-refractivity contribution in [3.8, 4) is 11.5 Å². The second-order valence-corrected chi connectivity index (χ2v) is 6.09. The molecule has 1 heterocycles. The van der Waals surface area contributed by atoms with Gasteiger partial charge in [0.05, 0.1) is 26.9 Å². The number of hydrogen-bond donors (Lipinski definition) is 0. The quantitative estimate of drug-likeness (QED) is 0.856. The maximum atomic E-state index is 13.2. The molecule has 5 heteroatoms. The van der Waals surface area contributed by atoms with E-state index in [4.69, 9.17) is 14.2 Å². The Balaban J connectivity index is 1.89. The van der Waals surface area contributed by atoms with Gasteiger partial charge < -0.3 is 19.1 Å². The summed E-state index contributed by atoms with van der Waals surface area (Å²) in [5.74, 6) is 0.921. The molecule has 1 aliphatic rings. The fraction of sp³-hybridized carbons (Fsp3) is 0.350. The number of morpholine rings is 1. The van der Waals surface area contributed by atoms with Crippen LogP contribution in [0.15, 0.2) is 48.5 Å². The molecule has 2 aromatic rings. The minimum atomic E-state index is -0.144. The molecule has 2 atom stereocenters. The second kappa shape index (κ2) is 7.57. The molecular weight excluding hydrogens is 318 g/mol. The van der Waals surface area contributed by atoms with Gasteiger partial charge in [-0.05, 0) is 24.6 Å². The number of amides is 1. The lowest BCUT2D eigenvalue weighted by atomic mass is 10.0. The van der Waals surface area contributed by atoms with Crippen LogP contribution in [0, 0.1) is 0 Å². The van der Waals surface area contributed by atoms with E-state index in [1.165, 1.54) is 0 Å². The van der Waals surface area contributed by atoms with E-state index < -0.39 is 0 Å². The molecule has 2 aromatic carbocycles. The number of hydrogen-bond acceptors (Lipinski definition) is 4. The van der Waals surface area contributed by atoms with Gasteiger partial charge in [-0.25, -0.2) is 0 Å². The molecule has 132 valence electrons. The summed E-state index contributed by atoms with van der Waals surface area (Å²) < 4.78 is 16.8. The minimum absolute atomic E-state index is 0.0522. The molecule has 2 unspecified atom stereocenters. The average Bonchev–Trinajstić information content (AvgIpc) is 2.66. The zero-order valence-electron chi connectivity index (χ0n) is 14.8. The van der Waals surface area contributed by atoms with E-state index in [1.54, 1.807) is 26.4 Å². The predicted octanol–water partition coefficient (Wildman–Crippen LogP) is 3.31. The van der Waals surface area contributed by atoms with Gasteiger partial charge in [-0.15, -0.1) is 0 Å². The fourth-order valence-corrected chi connectivity index (χ4v) is 3.19. The van der Waals surface area contributed by atoms with E-state index in [0.717, 1.165) is 5.56 Å². The third-order valence-corrected chi connectivity index (χ3v) is 4.36. The lowest BCUT2D eigenvalue weighted by Crippen LogP contribution is -2.46. The third kappa shape index (κ3) is 3.61. The van der Waals surface area contributed by atoms with Gasteiger partial charge in [-0.2, -0.15) is 0 Å². The van der Waals surface area contributed by atoms with Gasteiger partial charge in [-0.1, -0.05) is 36.4 Å². The normalized spacial score (nSPS) is 20.2. The Morgan fingerprint density at radius 1 is 1.00 bits per heavy atom. The summed E-state index contributed by atoms with van der Waals surface area (Å²) in [6.45, 7) is 3.01. The van der Waals surface area contributed by atoms with Gasteiger partial charge in [0, 0.05) is 6.54 Å². The zero-order chi connectivity index (χ0) is 17.8. The lowest BCUT2D eigenvalue weighted by Gasteiger charge is -2.37. The molecule has 0 N–H and O–H groups in total. The molecule has 0 saturated carbocycles. The summed E-state index contributed by atoms with van der Waals surface area (Å²) in [4.78, 5) is 15.0. The van der Waals surface area contributed by atoms with Crippen molar-refractivity contribution >= 4 is 5.91 Å². The van der Waals surface area contributed by atoms with Gasteiger partial charge in [-0.3, -0.25) is 4.79 Å². The molecule has 1 amide bonds. The summed E-state index contributed by atoms with van der Waals surface area (Å²) >= 11 is 0. The first kappa shape index (κ1) is 17.3. The Labute approximate surface area is 148 Å². The van der Waals surface area contributed by atoms with Crippen LogP contribution in [0.2, 0.25) is 0 Å². The number of ether oxygens (including phenoxy) is 3. The monoisotopic (exact) mass is 341 g/mol. The van der Waals surface area contributed by atoms with E-state index >= 15 is 0 Å². The molecule has 3 rings (SSSR count). The van der Waals surface area contributed by atoms with Crippen molar-refractivity contribution in [2.75, 3.05) is 27.3 Å². The molecule has 0 spiro atoms. The molecule has 0 bridgehead atoms. The largest absolute Gasteiger partial charge is 0.496 e. The minimum Gasteiger partial charge on any atom is -0.496 e. The van der Waals surface area contributed by atoms with Crippen molar-refractivity contribution in [2.45, 2.75) is 19.1 Å². The average molecular weight is 341 g/mol. The van der Waals surface area contributed by atoms with E-state index in [0.29, 0.717) is 30.2 Å². The third-order valence-electron chi connectivity index (χ3n) is 4.36. The van der Waals surface area contributed by atoms with E-state index in [9.17, 15) is 4.79 Å². The van der Waals surface area contributed by atoms with Crippen molar-refractivity contribution < 1.29 is 19.0 Å². The highest BCUT2D eigenvalue weighted by Crippen LogP contribution is 2.32. The Bertz CT molecular complexity index is 709. The highest BCUT2D eigenvalue weighted by Gasteiger charge is 2.32. The first-order valence-corrected chi connectivity index (χ1v) is 8.34. The van der Waals surface area contributed by atoms with Crippen LogP contribution in [0.3, 0.4) is 0 Å². The summed E-state index contributed by atoms with van der Waals surface area (Å²) in [6.07, 6.45) is -0.196. The van der Waals surface area contributed by atoms with Crippen LogP contribution in [-0.2, 0) is 4.74 Å². The maximum Gasteiger partial charge on any atom is 0.261 e. The van der Waals surface area contributed by atoms with Gasteiger partial charge in [0.2, 0.25) is 0 Å². The number of carbonyl (C=O) groups excluding carboxylic acids is 1. The SMILES string of the molecule is COc1cccc(OC)c1C(=O)N1CC(C)OC(c2ccccc2)C1. The molecular formula is C20H23NO4. The van der Waals surface area contributed by atoms with Gasteiger partial charge >= 0.3 is 0 Å². The van der Waals surface area contributed by atoms with Gasteiger partial charge in [0.25, 0.3) is 5.91 Å². The van der Waals surface area contributed by atoms with Crippen LogP contribution >= 0.6 is 0 Å². The standard InChI is InChI=1S/C20H23NO4/c1-14-12-21(13-18(25-14)15-8-5-4-6-9-15)20(22)19-16(23-2)10-7-11-17(19)24-3/h4-11,14,18H,12-13H2,1-3H3. The molecule has 25 heavy (non-hydrogen) atoms. The Morgan fingerprint density at radius 2 is 1.64 bits per heavy atom. The summed E-state index contributed by atoms with van der Waals surface area (Å²) in [5, 5.41) is 0. The smallest absolute Gasteiger partial charge is 0.261 e. The first-order chi connectivity index (χ1) is 12.1. The topological polar surface area (TPSA) is 48.0 Å². The first-order valence-electron chi connectivity index (χ1n) is 8.34. The van der Waals surface area contributed by atoms with Crippen LogP contribution in [0.25, 0.3) is 0 Å². The number of carbonyl (C=O) groups is 1. The Hall–Kier alpha value is -2.53. The van der Waals surface area contributed by atoms with Crippen molar-refractivity contribution in [3.05, 3.63) is 59.7 Å². The molecule has 0 aliphatic carbocycles. The van der Waals surface area contributed by atoms with Crippen molar-refractivity contribution in [3.63, 3.8) is 0 Å². The predicted molar refractivity (Wildman–Crippen MR) is 95.2 cm³/mol. The van der Waals surface area contributed by atoms with Crippen LogP contribution < -0.4 is 9.47 Å². The highest BCUT2D eigenvalue weighted by atomic mass is 16.5. The fourth-order valence-electron chi connectivity index (χ4n) is 3.19. The van der Waals surface area contributed by atoms with Crippen molar-refractivity contribution in [2.24, 2.45) is 0 Å². The molecule has 1 aliphatic heterocycles. The number of rotatable bonds is 4. The number of nitrogens with zero attached hydrogens (tertiary/aromatic N) is 1. The summed E-state index contributed by atoms with van der Waals surface area (Å²) in [5.41, 5.74) is 1.52. The van der Waals surface area contributed by atoms with Crippen molar-refractivity contribution in [1.29, 1.82) is 0 Å². The van der Waals surface area contributed by atoms with Crippen LogP contribution in [0.5, 0.6) is 11.5 Å². The molecule has 0 aromatic heterocycles. The van der Waals surface area contributed by atoms with Crippen molar-refractivity contribution in [1.82, 2.24) is 4.90 Å². The lowest BCUT2D eigenvalue weighted by molar-refractivity contribution is -0.0692. The van der Waals surface area contributed by atoms with E-state index in [-0.39, 0.29) is 18.1 Å². The van der Waals surface area contributed by atoms with Gasteiger partial charge in [0.1, 0.15) is 23.2 Å². The number of methoxy groups -OCH3 is 2. The van der Waals surface area contributed by atoms with Crippen LogP contribution in [-0.4, -0.2) is 44.2 Å². The molecule has 1 saturated heterocycles. The zero-order valence-corrected chi connectivity index (χ0v) is 14.8. The van der Waals surface area contributed by atoms with Gasteiger partial charge in [0.15, 0.2) is 0 Å². The van der Waals surface area contributed by atoms with Crippen LogP contribution in [0.1, 0.15) is 28.9 Å². The number of benzene rings is 2. The highest BCUT2D eigenvalue weighted by molar-refractivity contribution is 5.99.